The van der Waals surface area contributed by atoms with E-state index in [1.54, 1.807) is 23.6 Å². The van der Waals surface area contributed by atoms with Crippen LogP contribution < -0.4 is 9.80 Å². The van der Waals surface area contributed by atoms with E-state index in [0.29, 0.717) is 11.6 Å². The Morgan fingerprint density at radius 2 is 2.29 bits per heavy atom. The van der Waals surface area contributed by atoms with E-state index in [2.05, 4.69) is 38.1 Å². The molecule has 1 aliphatic heterocycles. The first-order chi connectivity index (χ1) is 10.2. The van der Waals surface area contributed by atoms with Crippen molar-refractivity contribution in [2.45, 2.75) is 19.9 Å². The normalized spacial score (nSPS) is 18.6. The molecule has 0 aromatic carbocycles. The fourth-order valence-corrected chi connectivity index (χ4v) is 3.58. The van der Waals surface area contributed by atoms with E-state index in [-0.39, 0.29) is 0 Å². The monoisotopic (exact) mass is 299 g/mol. The van der Waals surface area contributed by atoms with Gasteiger partial charge >= 0.3 is 0 Å². The third-order valence-corrected chi connectivity index (χ3v) is 4.68. The molecular weight excluding hydrogens is 282 g/mol. The van der Waals surface area contributed by atoms with Gasteiger partial charge in [0.2, 0.25) is 0 Å². The summed E-state index contributed by atoms with van der Waals surface area (Å²) in [6.07, 6.45) is 1.75. The summed E-state index contributed by atoms with van der Waals surface area (Å²) >= 11 is 1.69. The maximum absolute atomic E-state index is 9.21. The minimum absolute atomic E-state index is 0.345. The first kappa shape index (κ1) is 13.8. The summed E-state index contributed by atoms with van der Waals surface area (Å²) in [6.45, 7) is 6.82. The molecule has 2 aromatic rings. The van der Waals surface area contributed by atoms with Crippen LogP contribution >= 0.6 is 11.3 Å². The van der Waals surface area contributed by atoms with Crippen LogP contribution in [0, 0.1) is 18.3 Å². The predicted molar refractivity (Wildman–Crippen MR) is 84.8 cm³/mol. The average Bonchev–Trinajstić information content (AvgIpc) is 2.93. The van der Waals surface area contributed by atoms with Crippen LogP contribution in [0.5, 0.6) is 0 Å². The number of pyridine rings is 1. The van der Waals surface area contributed by atoms with Crippen molar-refractivity contribution in [3.63, 3.8) is 0 Å². The number of rotatable bonds is 2. The second kappa shape index (κ2) is 5.70. The van der Waals surface area contributed by atoms with E-state index in [4.69, 9.17) is 0 Å². The summed E-state index contributed by atoms with van der Waals surface area (Å²) in [5.41, 5.74) is 1.71. The number of thiazole rings is 1. The molecule has 0 saturated carbocycles. The van der Waals surface area contributed by atoms with Gasteiger partial charge < -0.3 is 9.80 Å². The Bertz CT molecular complexity index is 675. The molecule has 0 spiro atoms. The van der Waals surface area contributed by atoms with Crippen molar-refractivity contribution in [2.24, 2.45) is 0 Å². The van der Waals surface area contributed by atoms with Gasteiger partial charge in [-0.3, -0.25) is 0 Å². The van der Waals surface area contributed by atoms with Gasteiger partial charge in [0.1, 0.15) is 11.9 Å². The summed E-state index contributed by atoms with van der Waals surface area (Å²) in [5.74, 6) is 0.793. The van der Waals surface area contributed by atoms with Crippen molar-refractivity contribution in [2.75, 3.05) is 29.4 Å². The Morgan fingerprint density at radius 1 is 1.43 bits per heavy atom. The van der Waals surface area contributed by atoms with Gasteiger partial charge in [-0.1, -0.05) is 0 Å². The van der Waals surface area contributed by atoms with E-state index in [1.807, 2.05) is 13.0 Å². The van der Waals surface area contributed by atoms with Gasteiger partial charge in [-0.05, 0) is 26.0 Å². The number of aromatic nitrogens is 2. The minimum Gasteiger partial charge on any atom is -0.352 e. The topological polar surface area (TPSA) is 56.0 Å². The molecule has 3 rings (SSSR count). The molecule has 6 heteroatoms. The number of anilines is 2. The summed E-state index contributed by atoms with van der Waals surface area (Å²) < 4.78 is 0. The van der Waals surface area contributed by atoms with Crippen LogP contribution in [0.3, 0.4) is 0 Å². The quantitative estimate of drug-likeness (QED) is 0.852. The SMILES string of the molecule is Cc1csc(N2CCN(c3ncccc3C#N)C[C@H]2C)n1. The van der Waals surface area contributed by atoms with Crippen LogP contribution in [0.15, 0.2) is 23.7 Å². The van der Waals surface area contributed by atoms with Crippen molar-refractivity contribution in [3.05, 3.63) is 35.0 Å². The lowest BCUT2D eigenvalue weighted by Gasteiger charge is -2.40. The molecule has 3 heterocycles. The molecule has 1 atom stereocenters. The Hall–Kier alpha value is -2.13. The molecule has 0 amide bonds. The molecule has 21 heavy (non-hydrogen) atoms. The average molecular weight is 299 g/mol. The van der Waals surface area contributed by atoms with Gasteiger partial charge in [0.15, 0.2) is 5.13 Å². The molecule has 2 aromatic heterocycles. The van der Waals surface area contributed by atoms with Crippen molar-refractivity contribution in [1.29, 1.82) is 5.26 Å². The highest BCUT2D eigenvalue weighted by Crippen LogP contribution is 2.27. The molecule has 108 valence electrons. The largest absolute Gasteiger partial charge is 0.352 e. The zero-order valence-electron chi connectivity index (χ0n) is 12.2. The molecule has 0 bridgehead atoms. The number of aryl methyl sites for hydroxylation is 1. The molecule has 5 nitrogen and oxygen atoms in total. The van der Waals surface area contributed by atoms with Gasteiger partial charge in [0.05, 0.1) is 11.3 Å². The van der Waals surface area contributed by atoms with Crippen LogP contribution in [0.2, 0.25) is 0 Å². The first-order valence-electron chi connectivity index (χ1n) is 6.98. The molecule has 1 saturated heterocycles. The smallest absolute Gasteiger partial charge is 0.185 e. The lowest BCUT2D eigenvalue weighted by Crippen LogP contribution is -2.52. The first-order valence-corrected chi connectivity index (χ1v) is 7.86. The number of nitrogens with zero attached hydrogens (tertiary/aromatic N) is 5. The molecule has 0 N–H and O–H groups in total. The molecule has 1 fully saturated rings. The van der Waals surface area contributed by atoms with Crippen molar-refractivity contribution < 1.29 is 0 Å². The Labute approximate surface area is 128 Å². The van der Waals surface area contributed by atoms with Crippen LogP contribution in [0.25, 0.3) is 0 Å². The second-order valence-corrected chi connectivity index (χ2v) is 6.08. The van der Waals surface area contributed by atoms with Gasteiger partial charge in [-0.2, -0.15) is 5.26 Å². The van der Waals surface area contributed by atoms with Crippen molar-refractivity contribution in [1.82, 2.24) is 9.97 Å². The Morgan fingerprint density at radius 3 is 2.95 bits per heavy atom. The minimum atomic E-state index is 0.345. The summed E-state index contributed by atoms with van der Waals surface area (Å²) in [7, 11) is 0. The van der Waals surface area contributed by atoms with E-state index >= 15 is 0 Å². The Balaban J connectivity index is 1.78. The van der Waals surface area contributed by atoms with Crippen LogP contribution in [0.4, 0.5) is 10.9 Å². The van der Waals surface area contributed by atoms with Crippen LogP contribution in [-0.2, 0) is 0 Å². The molecule has 0 aliphatic carbocycles. The van der Waals surface area contributed by atoms with Gasteiger partial charge in [-0.25, -0.2) is 9.97 Å². The zero-order chi connectivity index (χ0) is 14.8. The fourth-order valence-electron chi connectivity index (χ4n) is 2.64. The van der Waals surface area contributed by atoms with Crippen molar-refractivity contribution in [3.8, 4) is 6.07 Å². The standard InChI is InChI=1S/C15H17N5S/c1-11-10-21-15(18-11)20-7-6-19(9-12(20)2)14-13(8-16)4-3-5-17-14/h3-5,10,12H,6-7,9H2,1-2H3/t12-/m1/s1. The third kappa shape index (κ3) is 2.69. The zero-order valence-corrected chi connectivity index (χ0v) is 13.0. The summed E-state index contributed by atoms with van der Waals surface area (Å²) in [4.78, 5) is 13.5. The number of piperazine rings is 1. The van der Waals surface area contributed by atoms with E-state index in [1.165, 1.54) is 0 Å². The van der Waals surface area contributed by atoms with Gasteiger partial charge in [0.25, 0.3) is 0 Å². The van der Waals surface area contributed by atoms with Crippen LogP contribution in [-0.4, -0.2) is 35.6 Å². The third-order valence-electron chi connectivity index (χ3n) is 3.69. The van der Waals surface area contributed by atoms with E-state index in [9.17, 15) is 5.26 Å². The predicted octanol–water partition coefficient (Wildman–Crippen LogP) is 2.43. The van der Waals surface area contributed by atoms with Gasteiger partial charge in [0, 0.05) is 37.3 Å². The lowest BCUT2D eigenvalue weighted by atomic mass is 10.1. The number of hydrogen-bond acceptors (Lipinski definition) is 6. The highest BCUT2D eigenvalue weighted by Gasteiger charge is 2.27. The molecule has 0 unspecified atom stereocenters. The van der Waals surface area contributed by atoms with E-state index in [0.717, 1.165) is 36.3 Å². The second-order valence-electron chi connectivity index (χ2n) is 5.25. The number of nitriles is 1. The summed E-state index contributed by atoms with van der Waals surface area (Å²) in [5, 5.41) is 12.4. The lowest BCUT2D eigenvalue weighted by molar-refractivity contribution is 0.546. The molecule has 0 radical (unpaired) electrons. The highest BCUT2D eigenvalue weighted by atomic mass is 32.1. The van der Waals surface area contributed by atoms with Crippen LogP contribution in [0.1, 0.15) is 18.2 Å². The highest BCUT2D eigenvalue weighted by molar-refractivity contribution is 7.13. The molecular formula is C15H17N5S. The molecule has 1 aliphatic rings. The maximum Gasteiger partial charge on any atom is 0.185 e. The summed E-state index contributed by atoms with van der Waals surface area (Å²) in [6, 6.07) is 6.20. The van der Waals surface area contributed by atoms with Crippen molar-refractivity contribution >= 4 is 22.3 Å². The number of hydrogen-bond donors (Lipinski definition) is 0. The van der Waals surface area contributed by atoms with Gasteiger partial charge in [-0.15, -0.1) is 11.3 Å². The Kier molecular flexibility index (Phi) is 3.76. The van der Waals surface area contributed by atoms with E-state index < -0.39 is 0 Å². The maximum atomic E-state index is 9.21. The fraction of sp³-hybridized carbons (Fsp3) is 0.400.